The fourth-order valence-electron chi connectivity index (χ4n) is 6.40. The first-order valence-corrected chi connectivity index (χ1v) is 16.1. The van der Waals surface area contributed by atoms with Crippen LogP contribution >= 0.6 is 0 Å². The van der Waals surface area contributed by atoms with Gasteiger partial charge in [-0.05, 0) is 48.7 Å². The molecular formula is C33H31F4N9O5. The van der Waals surface area contributed by atoms with E-state index in [1.54, 1.807) is 36.2 Å². The van der Waals surface area contributed by atoms with Crippen LogP contribution in [0.3, 0.4) is 0 Å². The number of halogens is 4. The molecule has 14 nitrogen and oxygen atoms in total. The summed E-state index contributed by atoms with van der Waals surface area (Å²) in [5.41, 5.74) is -0.887. The number of aromatic amines is 1. The standard InChI is InChI=1S/C33H31F4N9O5/c1-2-24-27(42-10-12-43(13-11-42)30(49)21-17-38-45-9-3-4-25(45)28(21)48)31(50)46-32(40-29(41-46)19-7-14-51-15-8-19)44(24)18-26(47)39-23-6-5-20(16-22(23)34)33(35,36)37/h3-7,9,16-17,38H,2,8,10-15,18H2,1H3,(H,39,47). The van der Waals surface area contributed by atoms with Crippen molar-refractivity contribution in [3.8, 4) is 0 Å². The average molecular weight is 710 g/mol. The van der Waals surface area contributed by atoms with Gasteiger partial charge in [0.2, 0.25) is 17.1 Å². The summed E-state index contributed by atoms with van der Waals surface area (Å²) in [6, 6.07) is 5.09. The predicted molar refractivity (Wildman–Crippen MR) is 176 cm³/mol. The lowest BCUT2D eigenvalue weighted by molar-refractivity contribution is -0.137. The lowest BCUT2D eigenvalue weighted by Gasteiger charge is -2.36. The van der Waals surface area contributed by atoms with Gasteiger partial charge < -0.3 is 29.5 Å². The van der Waals surface area contributed by atoms with Gasteiger partial charge in [-0.25, -0.2) is 4.39 Å². The zero-order chi connectivity index (χ0) is 36.0. The second-order valence-corrected chi connectivity index (χ2v) is 12.0. The Morgan fingerprint density at radius 1 is 1.10 bits per heavy atom. The minimum Gasteiger partial charge on any atom is -0.377 e. The van der Waals surface area contributed by atoms with Crippen LogP contribution < -0.4 is 21.2 Å². The molecule has 2 aliphatic heterocycles. The van der Waals surface area contributed by atoms with Crippen LogP contribution in [0.1, 0.15) is 40.8 Å². The highest BCUT2D eigenvalue weighted by Gasteiger charge is 2.32. The molecule has 0 spiro atoms. The lowest BCUT2D eigenvalue weighted by atomic mass is 10.1. The van der Waals surface area contributed by atoms with Crippen molar-refractivity contribution in [3.05, 3.63) is 97.8 Å². The highest BCUT2D eigenvalue weighted by atomic mass is 19.4. The summed E-state index contributed by atoms with van der Waals surface area (Å²) in [6.45, 7) is 2.81. The van der Waals surface area contributed by atoms with E-state index in [0.717, 1.165) is 16.2 Å². The number of fused-ring (bicyclic) bond motifs is 2. The zero-order valence-electron chi connectivity index (χ0n) is 27.2. The Balaban J connectivity index is 1.22. The van der Waals surface area contributed by atoms with Gasteiger partial charge in [0, 0.05) is 38.6 Å². The van der Waals surface area contributed by atoms with Crippen LogP contribution in [-0.2, 0) is 28.7 Å². The summed E-state index contributed by atoms with van der Waals surface area (Å²) in [5.74, 6) is -2.20. The Labute approximate surface area is 285 Å². The van der Waals surface area contributed by atoms with Crippen LogP contribution in [-0.4, -0.2) is 84.9 Å². The van der Waals surface area contributed by atoms with Crippen molar-refractivity contribution < 1.29 is 31.9 Å². The minimum atomic E-state index is -4.77. The van der Waals surface area contributed by atoms with Gasteiger partial charge in [0.05, 0.1) is 30.2 Å². The number of H-pyrrole nitrogens is 1. The molecule has 1 fully saturated rings. The van der Waals surface area contributed by atoms with E-state index in [-0.39, 0.29) is 55.5 Å². The summed E-state index contributed by atoms with van der Waals surface area (Å²) in [7, 11) is 0. The van der Waals surface area contributed by atoms with Gasteiger partial charge in [0.25, 0.3) is 11.5 Å². The minimum absolute atomic E-state index is 0.0132. The number of nitrogens with zero attached hydrogens (tertiary/aromatic N) is 7. The Kier molecular flexibility index (Phi) is 8.70. The van der Waals surface area contributed by atoms with Gasteiger partial charge >= 0.3 is 6.18 Å². The maximum absolute atomic E-state index is 14.7. The number of rotatable bonds is 7. The molecule has 5 aromatic rings. The van der Waals surface area contributed by atoms with Crippen molar-refractivity contribution in [1.82, 2.24) is 33.7 Å². The van der Waals surface area contributed by atoms with Crippen molar-refractivity contribution in [2.75, 3.05) is 49.6 Å². The number of amides is 2. The average Bonchev–Trinajstić information content (AvgIpc) is 3.79. The van der Waals surface area contributed by atoms with Crippen molar-refractivity contribution in [1.29, 1.82) is 0 Å². The molecule has 0 atom stereocenters. The zero-order valence-corrected chi connectivity index (χ0v) is 27.2. The van der Waals surface area contributed by atoms with Gasteiger partial charge in [-0.15, -0.1) is 5.10 Å². The molecule has 51 heavy (non-hydrogen) atoms. The highest BCUT2D eigenvalue weighted by molar-refractivity contribution is 5.95. The van der Waals surface area contributed by atoms with Crippen LogP contribution in [0.2, 0.25) is 0 Å². The van der Waals surface area contributed by atoms with Gasteiger partial charge in [-0.3, -0.25) is 23.7 Å². The van der Waals surface area contributed by atoms with Crippen molar-refractivity contribution in [2.24, 2.45) is 0 Å². The molecule has 2 N–H and O–H groups in total. The molecule has 266 valence electrons. The van der Waals surface area contributed by atoms with Crippen molar-refractivity contribution in [3.63, 3.8) is 0 Å². The Morgan fingerprint density at radius 3 is 2.57 bits per heavy atom. The number of alkyl halides is 3. The second-order valence-electron chi connectivity index (χ2n) is 12.0. The van der Waals surface area contributed by atoms with Gasteiger partial charge in [0.1, 0.15) is 29.1 Å². The topological polar surface area (TPSA) is 151 Å². The number of hydrogen-bond donors (Lipinski definition) is 2. The number of ether oxygens (including phenoxy) is 1. The number of carbonyl (C=O) groups is 2. The molecule has 0 radical (unpaired) electrons. The van der Waals surface area contributed by atoms with E-state index < -0.39 is 52.6 Å². The number of anilines is 2. The van der Waals surface area contributed by atoms with Crippen molar-refractivity contribution in [2.45, 2.75) is 32.5 Å². The van der Waals surface area contributed by atoms with E-state index in [1.807, 2.05) is 0 Å². The SMILES string of the molecule is CCc1c(N2CCN(C(=O)c3c[nH]n4cccc4c3=O)CC2)c(=O)n2nc(C3=CCOCC3)nc2n1CC(=O)Nc1ccc(C(F)(F)F)cc1F. The third-order valence-electron chi connectivity index (χ3n) is 8.97. The van der Waals surface area contributed by atoms with Crippen LogP contribution in [0.15, 0.2) is 58.4 Å². The van der Waals surface area contributed by atoms with E-state index in [0.29, 0.717) is 43.0 Å². The number of benzene rings is 1. The van der Waals surface area contributed by atoms with Crippen LogP contribution in [0.4, 0.5) is 28.9 Å². The van der Waals surface area contributed by atoms with E-state index in [1.165, 1.54) is 20.2 Å². The monoisotopic (exact) mass is 709 g/mol. The summed E-state index contributed by atoms with van der Waals surface area (Å²) >= 11 is 0. The first-order valence-electron chi connectivity index (χ1n) is 16.1. The molecule has 2 amide bonds. The Bertz CT molecular complexity index is 2330. The summed E-state index contributed by atoms with van der Waals surface area (Å²) in [6.07, 6.45) is 0.786. The smallest absolute Gasteiger partial charge is 0.377 e. The second kappa shape index (κ2) is 13.2. The molecule has 1 aromatic carbocycles. The normalized spacial score (nSPS) is 15.4. The maximum Gasteiger partial charge on any atom is 0.416 e. The summed E-state index contributed by atoms with van der Waals surface area (Å²) in [5, 5.41) is 9.73. The number of hydrogen-bond acceptors (Lipinski definition) is 8. The van der Waals surface area contributed by atoms with Crippen LogP contribution in [0.5, 0.6) is 0 Å². The molecule has 6 heterocycles. The van der Waals surface area contributed by atoms with E-state index in [2.05, 4.69) is 20.5 Å². The Hall–Kier alpha value is -5.78. The third kappa shape index (κ3) is 6.26. The Morgan fingerprint density at radius 2 is 1.88 bits per heavy atom. The molecule has 0 bridgehead atoms. The van der Waals surface area contributed by atoms with E-state index in [9.17, 15) is 36.7 Å². The number of carbonyl (C=O) groups excluding carboxylic acids is 2. The molecule has 7 rings (SSSR count). The molecule has 18 heteroatoms. The van der Waals surface area contributed by atoms with Crippen LogP contribution in [0.25, 0.3) is 16.9 Å². The highest BCUT2D eigenvalue weighted by Crippen LogP contribution is 2.31. The van der Waals surface area contributed by atoms with Crippen LogP contribution in [0, 0.1) is 5.82 Å². The first kappa shape index (κ1) is 33.7. The molecule has 0 aliphatic carbocycles. The molecule has 4 aromatic heterocycles. The van der Waals surface area contributed by atoms with Gasteiger partial charge in [-0.1, -0.05) is 13.0 Å². The molecular weight excluding hydrogens is 678 g/mol. The summed E-state index contributed by atoms with van der Waals surface area (Å²) < 4.78 is 63.4. The van der Waals surface area contributed by atoms with E-state index in [4.69, 9.17) is 4.74 Å². The third-order valence-corrected chi connectivity index (χ3v) is 8.97. The quantitative estimate of drug-likeness (QED) is 0.245. The largest absolute Gasteiger partial charge is 0.416 e. The first-order chi connectivity index (χ1) is 24.4. The van der Waals surface area contributed by atoms with Crippen molar-refractivity contribution >= 4 is 40.1 Å². The fraction of sp³-hybridized carbons (Fsp3) is 0.333. The molecule has 0 saturated carbocycles. The number of nitrogens with one attached hydrogen (secondary N) is 2. The maximum atomic E-state index is 14.7. The van der Waals surface area contributed by atoms with Gasteiger partial charge in [-0.2, -0.15) is 22.7 Å². The number of piperazine rings is 1. The summed E-state index contributed by atoms with van der Waals surface area (Å²) in [4.78, 5) is 61.9. The van der Waals surface area contributed by atoms with Gasteiger partial charge in [0.15, 0.2) is 5.82 Å². The molecule has 0 unspecified atom stereocenters. The number of aromatic nitrogens is 6. The molecule has 1 saturated heterocycles. The molecule has 2 aliphatic rings. The lowest BCUT2D eigenvalue weighted by Crippen LogP contribution is -2.51. The predicted octanol–water partition coefficient (Wildman–Crippen LogP) is 2.96. The fourth-order valence-corrected chi connectivity index (χ4v) is 6.40. The van der Waals surface area contributed by atoms with E-state index >= 15 is 0 Å².